The summed E-state index contributed by atoms with van der Waals surface area (Å²) in [7, 11) is 0. The van der Waals surface area contributed by atoms with E-state index >= 15 is 0 Å². The van der Waals surface area contributed by atoms with Gasteiger partial charge in [0.25, 0.3) is 0 Å². The first kappa shape index (κ1) is 16.4. The molecule has 0 spiro atoms. The van der Waals surface area contributed by atoms with Gasteiger partial charge in [-0.05, 0) is 18.2 Å². The lowest BCUT2D eigenvalue weighted by Crippen LogP contribution is -2.12. The molecule has 0 aliphatic carbocycles. The molecule has 2 aromatic rings. The molecule has 0 aromatic heterocycles. The maximum atomic E-state index is 13.7. The SMILES string of the molecule is OC(c1cc(Br)ccc1Br)c1c(F)c(F)c(F)c(F)c1F. The summed E-state index contributed by atoms with van der Waals surface area (Å²) in [5.74, 6) is -10.6. The predicted molar refractivity (Wildman–Crippen MR) is 72.1 cm³/mol. The zero-order chi connectivity index (χ0) is 15.9. The van der Waals surface area contributed by atoms with Gasteiger partial charge < -0.3 is 5.11 Å². The van der Waals surface area contributed by atoms with E-state index in [0.717, 1.165) is 0 Å². The van der Waals surface area contributed by atoms with Crippen LogP contribution in [0, 0.1) is 29.1 Å². The molecule has 0 aliphatic rings. The van der Waals surface area contributed by atoms with Gasteiger partial charge in [0.2, 0.25) is 5.82 Å². The molecule has 0 fully saturated rings. The smallest absolute Gasteiger partial charge is 0.200 e. The number of benzene rings is 2. The van der Waals surface area contributed by atoms with Crippen LogP contribution >= 0.6 is 31.9 Å². The van der Waals surface area contributed by atoms with E-state index in [-0.39, 0.29) is 10.0 Å². The van der Waals surface area contributed by atoms with Crippen LogP contribution in [-0.2, 0) is 0 Å². The molecule has 0 amide bonds. The second-order valence-electron chi connectivity index (χ2n) is 4.05. The van der Waals surface area contributed by atoms with Gasteiger partial charge in [0.15, 0.2) is 23.3 Å². The third-order valence-electron chi connectivity index (χ3n) is 2.77. The number of hydrogen-bond acceptors (Lipinski definition) is 1. The van der Waals surface area contributed by atoms with Crippen molar-refractivity contribution < 1.29 is 27.1 Å². The first-order valence-electron chi connectivity index (χ1n) is 5.40. The third-order valence-corrected chi connectivity index (χ3v) is 3.99. The lowest BCUT2D eigenvalue weighted by molar-refractivity contribution is 0.202. The van der Waals surface area contributed by atoms with Crippen molar-refractivity contribution >= 4 is 31.9 Å². The fourth-order valence-corrected chi connectivity index (χ4v) is 2.58. The van der Waals surface area contributed by atoms with Gasteiger partial charge in [0.05, 0.1) is 5.56 Å². The molecule has 1 N–H and O–H groups in total. The van der Waals surface area contributed by atoms with Crippen molar-refractivity contribution in [2.24, 2.45) is 0 Å². The summed E-state index contributed by atoms with van der Waals surface area (Å²) >= 11 is 6.13. The van der Waals surface area contributed by atoms with E-state index < -0.39 is 40.8 Å². The van der Waals surface area contributed by atoms with Gasteiger partial charge in [-0.15, -0.1) is 0 Å². The molecule has 0 aliphatic heterocycles. The second-order valence-corrected chi connectivity index (χ2v) is 5.82. The molecule has 8 heteroatoms. The van der Waals surface area contributed by atoms with Crippen molar-refractivity contribution in [2.45, 2.75) is 6.10 Å². The topological polar surface area (TPSA) is 20.2 Å². The van der Waals surface area contributed by atoms with Crippen LogP contribution in [-0.4, -0.2) is 5.11 Å². The van der Waals surface area contributed by atoms with Gasteiger partial charge in [-0.2, -0.15) is 0 Å². The maximum absolute atomic E-state index is 13.7. The van der Waals surface area contributed by atoms with Crippen molar-refractivity contribution in [3.8, 4) is 0 Å². The van der Waals surface area contributed by atoms with Gasteiger partial charge in [0.1, 0.15) is 6.10 Å². The molecule has 21 heavy (non-hydrogen) atoms. The largest absolute Gasteiger partial charge is 0.383 e. The van der Waals surface area contributed by atoms with Gasteiger partial charge in [-0.1, -0.05) is 31.9 Å². The average molecular weight is 432 g/mol. The molecule has 1 unspecified atom stereocenters. The van der Waals surface area contributed by atoms with Crippen LogP contribution in [0.5, 0.6) is 0 Å². The van der Waals surface area contributed by atoms with Crippen LogP contribution in [0.3, 0.4) is 0 Å². The Morgan fingerprint density at radius 2 is 1.29 bits per heavy atom. The number of rotatable bonds is 2. The number of aliphatic hydroxyl groups excluding tert-OH is 1. The van der Waals surface area contributed by atoms with E-state index in [2.05, 4.69) is 31.9 Å². The summed E-state index contributed by atoms with van der Waals surface area (Å²) in [6.45, 7) is 0. The van der Waals surface area contributed by atoms with Crippen molar-refractivity contribution in [1.29, 1.82) is 0 Å². The lowest BCUT2D eigenvalue weighted by Gasteiger charge is -2.16. The minimum Gasteiger partial charge on any atom is -0.383 e. The average Bonchev–Trinajstić information content (AvgIpc) is 2.45. The van der Waals surface area contributed by atoms with Crippen molar-refractivity contribution in [1.82, 2.24) is 0 Å². The van der Waals surface area contributed by atoms with Crippen LogP contribution in [0.25, 0.3) is 0 Å². The Bertz CT molecular complexity index is 691. The highest BCUT2D eigenvalue weighted by Gasteiger charge is 2.31. The minimum absolute atomic E-state index is 0.0485. The Morgan fingerprint density at radius 1 is 0.810 bits per heavy atom. The summed E-state index contributed by atoms with van der Waals surface area (Å²) in [5.41, 5.74) is -1.35. The normalized spacial score (nSPS) is 12.6. The van der Waals surface area contributed by atoms with E-state index in [1.54, 1.807) is 6.07 Å². The molecule has 112 valence electrons. The zero-order valence-electron chi connectivity index (χ0n) is 9.90. The molecular weight excluding hydrogens is 427 g/mol. The summed E-state index contributed by atoms with van der Waals surface area (Å²) in [5, 5.41) is 10.0. The van der Waals surface area contributed by atoms with E-state index in [1.165, 1.54) is 12.1 Å². The van der Waals surface area contributed by atoms with Crippen LogP contribution in [0.1, 0.15) is 17.2 Å². The summed E-state index contributed by atoms with van der Waals surface area (Å²) in [6, 6.07) is 4.32. The fourth-order valence-electron chi connectivity index (χ4n) is 1.74. The number of hydrogen-bond donors (Lipinski definition) is 1. The Kier molecular flexibility index (Phi) is 4.69. The molecule has 1 nitrogen and oxygen atoms in total. The van der Waals surface area contributed by atoms with Crippen molar-refractivity contribution in [3.63, 3.8) is 0 Å². The number of halogens is 7. The molecule has 0 radical (unpaired) electrons. The van der Waals surface area contributed by atoms with Crippen LogP contribution in [0.15, 0.2) is 27.1 Å². The van der Waals surface area contributed by atoms with E-state index in [0.29, 0.717) is 4.47 Å². The lowest BCUT2D eigenvalue weighted by atomic mass is 10.00. The molecule has 2 rings (SSSR count). The minimum atomic E-state index is -2.27. The fraction of sp³-hybridized carbons (Fsp3) is 0.0769. The van der Waals surface area contributed by atoms with Crippen LogP contribution < -0.4 is 0 Å². The third kappa shape index (κ3) is 2.84. The van der Waals surface area contributed by atoms with Gasteiger partial charge >= 0.3 is 0 Å². The molecule has 0 bridgehead atoms. The molecule has 1 atom stereocenters. The second kappa shape index (κ2) is 6.02. The molecule has 0 saturated carbocycles. The monoisotopic (exact) mass is 430 g/mol. The van der Waals surface area contributed by atoms with E-state index in [1.807, 2.05) is 0 Å². The van der Waals surface area contributed by atoms with Crippen LogP contribution in [0.2, 0.25) is 0 Å². The molecule has 2 aromatic carbocycles. The highest BCUT2D eigenvalue weighted by molar-refractivity contribution is 9.11. The first-order valence-corrected chi connectivity index (χ1v) is 6.98. The first-order chi connectivity index (χ1) is 9.75. The van der Waals surface area contributed by atoms with Gasteiger partial charge in [-0.25, -0.2) is 22.0 Å². The Labute approximate surface area is 132 Å². The quantitative estimate of drug-likeness (QED) is 0.403. The van der Waals surface area contributed by atoms with E-state index in [4.69, 9.17) is 0 Å². The Hall–Kier alpha value is -0.990. The predicted octanol–water partition coefficient (Wildman–Crippen LogP) is 4.99. The highest BCUT2D eigenvalue weighted by Crippen LogP contribution is 2.35. The standard InChI is InChI=1S/C13H5Br2F5O/c14-4-1-2-6(15)5(3-4)13(21)7-8(16)10(18)12(20)11(19)9(7)17/h1-3,13,21H. The Morgan fingerprint density at radius 3 is 1.81 bits per heavy atom. The Balaban J connectivity index is 2.69. The van der Waals surface area contributed by atoms with Gasteiger partial charge in [0, 0.05) is 14.5 Å². The van der Waals surface area contributed by atoms with E-state index in [9.17, 15) is 27.1 Å². The highest BCUT2D eigenvalue weighted by atomic mass is 79.9. The van der Waals surface area contributed by atoms with Crippen molar-refractivity contribution in [3.05, 3.63) is 67.4 Å². The van der Waals surface area contributed by atoms with Crippen LogP contribution in [0.4, 0.5) is 22.0 Å². The molecule has 0 heterocycles. The van der Waals surface area contributed by atoms with Gasteiger partial charge in [-0.3, -0.25) is 0 Å². The zero-order valence-corrected chi connectivity index (χ0v) is 13.1. The number of aliphatic hydroxyl groups is 1. The summed E-state index contributed by atoms with van der Waals surface area (Å²) in [4.78, 5) is 0. The maximum Gasteiger partial charge on any atom is 0.200 e. The summed E-state index contributed by atoms with van der Waals surface area (Å²) in [6.07, 6.45) is -2.03. The molecular formula is C13H5Br2F5O. The molecule has 0 saturated heterocycles. The van der Waals surface area contributed by atoms with Crippen molar-refractivity contribution in [2.75, 3.05) is 0 Å². The summed E-state index contributed by atoms with van der Waals surface area (Å²) < 4.78 is 67.4.